The number of aromatic nitrogens is 2. The first kappa shape index (κ1) is 18.7. The van der Waals surface area contributed by atoms with Gasteiger partial charge in [-0.2, -0.15) is 10.1 Å². The zero-order valence-electron chi connectivity index (χ0n) is 14.2. The van der Waals surface area contributed by atoms with Crippen LogP contribution in [-0.2, 0) is 4.74 Å². The van der Waals surface area contributed by atoms with Gasteiger partial charge in [0, 0.05) is 25.6 Å². The zero-order chi connectivity index (χ0) is 17.4. The van der Waals surface area contributed by atoms with Crippen LogP contribution in [0.5, 0.6) is 0 Å². The van der Waals surface area contributed by atoms with Gasteiger partial charge in [0.05, 0.1) is 10.6 Å². The molecule has 1 unspecified atom stereocenters. The lowest BCUT2D eigenvalue weighted by molar-refractivity contribution is 0.0694. The second-order valence-electron chi connectivity index (χ2n) is 5.59. The quantitative estimate of drug-likeness (QED) is 0.393. The fourth-order valence-electron chi connectivity index (χ4n) is 1.94. The molecular weight excluding hydrogens is 372 g/mol. The summed E-state index contributed by atoms with van der Waals surface area (Å²) in [5.74, 6) is 2.32. The van der Waals surface area contributed by atoms with Crippen molar-refractivity contribution >= 4 is 33.9 Å². The monoisotopic (exact) mass is 396 g/mol. The summed E-state index contributed by atoms with van der Waals surface area (Å²) in [5.41, 5.74) is 2.87. The Morgan fingerprint density at radius 2 is 2.33 bits per heavy atom. The minimum Gasteiger partial charge on any atom is -0.377 e. The number of anilines is 2. The summed E-state index contributed by atoms with van der Waals surface area (Å²) in [5, 5.41) is 10.4. The summed E-state index contributed by atoms with van der Waals surface area (Å²) in [6.45, 7) is 9.33. The van der Waals surface area contributed by atoms with Gasteiger partial charge in [0.25, 0.3) is 0 Å². The Morgan fingerprint density at radius 3 is 3.00 bits per heavy atom. The summed E-state index contributed by atoms with van der Waals surface area (Å²) in [6.07, 6.45) is 7.12. The largest absolute Gasteiger partial charge is 0.377 e. The highest BCUT2D eigenvalue weighted by atomic mass is 79.9. The van der Waals surface area contributed by atoms with E-state index in [4.69, 9.17) is 4.74 Å². The normalized spacial score (nSPS) is 15.3. The highest BCUT2D eigenvalue weighted by molar-refractivity contribution is 9.10. The van der Waals surface area contributed by atoms with Crippen LogP contribution in [0.4, 0.5) is 11.8 Å². The van der Waals surface area contributed by atoms with Crippen LogP contribution < -0.4 is 16.1 Å². The number of hydrogen-bond acceptors (Lipinski definition) is 7. The number of halogens is 1. The van der Waals surface area contributed by atoms with Crippen LogP contribution in [0.15, 0.2) is 28.2 Å². The SMILES string of the molecule is C=C(N/N=C/C1CC1)Nc1nc(NCC(CC)OCC)ncc1Br. The third-order valence-electron chi connectivity index (χ3n) is 3.47. The van der Waals surface area contributed by atoms with E-state index in [0.29, 0.717) is 36.7 Å². The molecule has 1 atom stereocenters. The summed E-state index contributed by atoms with van der Waals surface area (Å²) in [7, 11) is 0. The van der Waals surface area contributed by atoms with Gasteiger partial charge in [-0.15, -0.1) is 0 Å². The molecule has 1 aromatic heterocycles. The average molecular weight is 397 g/mol. The van der Waals surface area contributed by atoms with Crippen molar-refractivity contribution in [1.29, 1.82) is 0 Å². The molecule has 1 heterocycles. The third-order valence-corrected chi connectivity index (χ3v) is 4.05. The van der Waals surface area contributed by atoms with Crippen LogP contribution >= 0.6 is 15.9 Å². The van der Waals surface area contributed by atoms with E-state index in [1.54, 1.807) is 6.20 Å². The molecule has 8 heteroatoms. The van der Waals surface area contributed by atoms with Crippen LogP contribution in [-0.4, -0.2) is 35.4 Å². The number of nitrogens with one attached hydrogen (secondary N) is 3. The number of nitrogens with zero attached hydrogens (tertiary/aromatic N) is 3. The highest BCUT2D eigenvalue weighted by Crippen LogP contribution is 2.26. The molecule has 132 valence electrons. The van der Waals surface area contributed by atoms with Gasteiger partial charge in [-0.05, 0) is 48.0 Å². The van der Waals surface area contributed by atoms with E-state index in [9.17, 15) is 0 Å². The van der Waals surface area contributed by atoms with E-state index in [2.05, 4.69) is 60.6 Å². The van der Waals surface area contributed by atoms with E-state index < -0.39 is 0 Å². The van der Waals surface area contributed by atoms with Gasteiger partial charge in [-0.25, -0.2) is 4.98 Å². The summed E-state index contributed by atoms with van der Waals surface area (Å²) in [4.78, 5) is 8.71. The molecule has 1 aromatic rings. The van der Waals surface area contributed by atoms with Crippen molar-refractivity contribution in [3.05, 3.63) is 23.1 Å². The molecule has 0 spiro atoms. The molecule has 7 nitrogen and oxygen atoms in total. The van der Waals surface area contributed by atoms with E-state index in [1.807, 2.05) is 13.1 Å². The molecule has 1 aliphatic carbocycles. The molecule has 1 aliphatic rings. The average Bonchev–Trinajstić information content (AvgIpc) is 3.38. The molecule has 0 radical (unpaired) electrons. The molecule has 0 aliphatic heterocycles. The van der Waals surface area contributed by atoms with Gasteiger partial charge in [-0.3, -0.25) is 5.43 Å². The van der Waals surface area contributed by atoms with Crippen LogP contribution in [0.2, 0.25) is 0 Å². The first-order chi connectivity index (χ1) is 11.6. The lowest BCUT2D eigenvalue weighted by Gasteiger charge is -2.16. The molecule has 0 aromatic carbocycles. The van der Waals surface area contributed by atoms with Crippen molar-refractivity contribution in [3.63, 3.8) is 0 Å². The standard InChI is InChI=1S/C16H25BrN6O/c1-4-13(24-5-2)9-18-16-19-10-14(17)15(22-16)21-11(3)23-20-8-12-6-7-12/h8,10,12-13,23H,3-7,9H2,1-2H3,(H2,18,19,21,22)/b20-8+. The predicted molar refractivity (Wildman–Crippen MR) is 101 cm³/mol. The fourth-order valence-corrected chi connectivity index (χ4v) is 2.23. The molecule has 1 saturated carbocycles. The highest BCUT2D eigenvalue weighted by Gasteiger charge is 2.18. The third kappa shape index (κ3) is 6.45. The number of ether oxygens (including phenoxy) is 1. The van der Waals surface area contributed by atoms with E-state index in [-0.39, 0.29) is 6.10 Å². The maximum absolute atomic E-state index is 5.62. The maximum atomic E-state index is 5.62. The molecule has 3 N–H and O–H groups in total. The Hall–Kier alpha value is -1.67. The summed E-state index contributed by atoms with van der Waals surface area (Å²) >= 11 is 3.43. The molecule has 0 amide bonds. The van der Waals surface area contributed by atoms with E-state index >= 15 is 0 Å². The smallest absolute Gasteiger partial charge is 0.224 e. The lowest BCUT2D eigenvalue weighted by Crippen LogP contribution is -2.23. The minimum absolute atomic E-state index is 0.145. The predicted octanol–water partition coefficient (Wildman–Crippen LogP) is 3.33. The Labute approximate surface area is 151 Å². The number of rotatable bonds is 11. The summed E-state index contributed by atoms with van der Waals surface area (Å²) in [6, 6.07) is 0. The zero-order valence-corrected chi connectivity index (χ0v) is 15.8. The van der Waals surface area contributed by atoms with Gasteiger partial charge in [-0.1, -0.05) is 13.5 Å². The maximum Gasteiger partial charge on any atom is 0.224 e. The number of hydrazone groups is 1. The van der Waals surface area contributed by atoms with E-state index in [1.165, 1.54) is 12.8 Å². The van der Waals surface area contributed by atoms with Crippen LogP contribution in [0, 0.1) is 5.92 Å². The number of hydrogen-bond donors (Lipinski definition) is 3. The lowest BCUT2D eigenvalue weighted by atomic mass is 10.3. The molecule has 0 saturated heterocycles. The Balaban J connectivity index is 1.88. The van der Waals surface area contributed by atoms with Gasteiger partial charge < -0.3 is 15.4 Å². The molecule has 24 heavy (non-hydrogen) atoms. The molecule has 0 bridgehead atoms. The van der Waals surface area contributed by atoms with Gasteiger partial charge in [0.2, 0.25) is 5.95 Å². The Morgan fingerprint density at radius 1 is 1.54 bits per heavy atom. The topological polar surface area (TPSA) is 83.5 Å². The van der Waals surface area contributed by atoms with Crippen molar-refractivity contribution < 1.29 is 4.74 Å². The van der Waals surface area contributed by atoms with Crippen molar-refractivity contribution in [3.8, 4) is 0 Å². The first-order valence-electron chi connectivity index (χ1n) is 8.25. The van der Waals surface area contributed by atoms with Gasteiger partial charge in [0.1, 0.15) is 5.82 Å². The van der Waals surface area contributed by atoms with Crippen molar-refractivity contribution in [2.24, 2.45) is 11.0 Å². The van der Waals surface area contributed by atoms with Crippen molar-refractivity contribution in [2.75, 3.05) is 23.8 Å². The van der Waals surface area contributed by atoms with E-state index in [0.717, 1.165) is 10.9 Å². The second kappa shape index (κ2) is 9.58. The Bertz CT molecular complexity index is 576. The van der Waals surface area contributed by atoms with Gasteiger partial charge in [0.15, 0.2) is 5.82 Å². The molecule has 2 rings (SSSR count). The Kier molecular flexibility index (Phi) is 7.45. The van der Waals surface area contributed by atoms with Crippen LogP contribution in [0.25, 0.3) is 0 Å². The van der Waals surface area contributed by atoms with Crippen LogP contribution in [0.3, 0.4) is 0 Å². The van der Waals surface area contributed by atoms with Crippen LogP contribution in [0.1, 0.15) is 33.1 Å². The minimum atomic E-state index is 0.145. The van der Waals surface area contributed by atoms with Crippen molar-refractivity contribution in [1.82, 2.24) is 15.4 Å². The second-order valence-corrected chi connectivity index (χ2v) is 6.44. The summed E-state index contributed by atoms with van der Waals surface area (Å²) < 4.78 is 6.37. The molecular formula is C16H25BrN6O. The fraction of sp³-hybridized carbons (Fsp3) is 0.562. The molecule has 1 fully saturated rings. The van der Waals surface area contributed by atoms with Gasteiger partial charge >= 0.3 is 0 Å². The first-order valence-corrected chi connectivity index (χ1v) is 9.04. The van der Waals surface area contributed by atoms with Crippen molar-refractivity contribution in [2.45, 2.75) is 39.2 Å².